The molecule has 0 aromatic carbocycles. The topological polar surface area (TPSA) is 58.0 Å². The molecule has 0 unspecified atom stereocenters. The van der Waals surface area contributed by atoms with Gasteiger partial charge in [-0.2, -0.15) is 0 Å². The summed E-state index contributed by atoms with van der Waals surface area (Å²) in [5.74, 6) is 1.44. The van der Waals surface area contributed by atoms with Crippen LogP contribution in [0.1, 0.15) is 32.0 Å². The minimum Gasteiger partial charge on any atom is -0.394 e. The number of aliphatic hydroxyl groups is 1. The van der Waals surface area contributed by atoms with Crippen molar-refractivity contribution in [3.63, 3.8) is 0 Å². The Morgan fingerprint density at radius 1 is 1.50 bits per heavy atom. The second kappa shape index (κ2) is 4.55. The molecule has 1 aliphatic rings. The first-order valence-corrected chi connectivity index (χ1v) is 5.98. The zero-order valence-corrected chi connectivity index (χ0v) is 10.1. The van der Waals surface area contributed by atoms with Gasteiger partial charge in [0.05, 0.1) is 12.1 Å². The number of halogens is 1. The van der Waals surface area contributed by atoms with Crippen molar-refractivity contribution in [3.05, 3.63) is 17.0 Å². The highest BCUT2D eigenvalue weighted by Gasteiger charge is 2.36. The molecule has 2 N–H and O–H groups in total. The number of aryl methyl sites for hydroxylation is 1. The van der Waals surface area contributed by atoms with E-state index in [9.17, 15) is 5.11 Å². The Morgan fingerprint density at radius 3 is 2.75 bits per heavy atom. The van der Waals surface area contributed by atoms with Crippen LogP contribution in [0.2, 0.25) is 5.15 Å². The van der Waals surface area contributed by atoms with E-state index >= 15 is 0 Å². The number of anilines is 1. The van der Waals surface area contributed by atoms with Gasteiger partial charge in [0.2, 0.25) is 0 Å². The van der Waals surface area contributed by atoms with Gasteiger partial charge in [-0.3, -0.25) is 0 Å². The molecule has 16 heavy (non-hydrogen) atoms. The van der Waals surface area contributed by atoms with Crippen LogP contribution in [0.4, 0.5) is 5.82 Å². The van der Waals surface area contributed by atoms with Crippen molar-refractivity contribution < 1.29 is 5.11 Å². The van der Waals surface area contributed by atoms with Crippen molar-refractivity contribution >= 4 is 17.4 Å². The molecule has 1 saturated carbocycles. The van der Waals surface area contributed by atoms with Gasteiger partial charge in [-0.05, 0) is 19.3 Å². The largest absolute Gasteiger partial charge is 0.394 e. The standard InChI is InChI=1S/C11H16ClN3O/c1-2-9-13-8(12)6-10(14-9)15-11(7-16)4-3-5-11/h6,16H,2-5,7H2,1H3,(H,13,14,15). The molecule has 0 amide bonds. The highest BCUT2D eigenvalue weighted by Crippen LogP contribution is 2.34. The number of aromatic nitrogens is 2. The zero-order chi connectivity index (χ0) is 11.6. The summed E-state index contributed by atoms with van der Waals surface area (Å²) in [6, 6.07) is 1.70. The lowest BCUT2D eigenvalue weighted by Crippen LogP contribution is -2.48. The third-order valence-corrected chi connectivity index (χ3v) is 3.26. The normalized spacial score (nSPS) is 17.9. The summed E-state index contributed by atoms with van der Waals surface area (Å²) in [6.45, 7) is 2.12. The maximum absolute atomic E-state index is 9.35. The molecule has 1 aliphatic carbocycles. The molecule has 1 aromatic heterocycles. The average Bonchev–Trinajstić information content (AvgIpc) is 2.22. The lowest BCUT2D eigenvalue weighted by atomic mass is 9.77. The van der Waals surface area contributed by atoms with E-state index in [-0.39, 0.29) is 12.1 Å². The molecule has 5 heteroatoms. The van der Waals surface area contributed by atoms with Crippen LogP contribution in [-0.2, 0) is 6.42 Å². The average molecular weight is 242 g/mol. The van der Waals surface area contributed by atoms with Gasteiger partial charge in [-0.25, -0.2) is 9.97 Å². The summed E-state index contributed by atoms with van der Waals surface area (Å²) in [7, 11) is 0. The fourth-order valence-electron chi connectivity index (χ4n) is 1.88. The molecule has 0 radical (unpaired) electrons. The fourth-order valence-corrected chi connectivity index (χ4v) is 2.09. The fraction of sp³-hybridized carbons (Fsp3) is 0.636. The van der Waals surface area contributed by atoms with Gasteiger partial charge in [0.25, 0.3) is 0 Å². The highest BCUT2D eigenvalue weighted by molar-refractivity contribution is 6.29. The summed E-state index contributed by atoms with van der Waals surface area (Å²) >= 11 is 5.91. The second-order valence-electron chi connectivity index (χ2n) is 4.26. The second-order valence-corrected chi connectivity index (χ2v) is 4.65. The lowest BCUT2D eigenvalue weighted by Gasteiger charge is -2.41. The quantitative estimate of drug-likeness (QED) is 0.792. The van der Waals surface area contributed by atoms with Crippen LogP contribution in [0, 0.1) is 0 Å². The van der Waals surface area contributed by atoms with Crippen LogP contribution in [0.25, 0.3) is 0 Å². The summed E-state index contributed by atoms with van der Waals surface area (Å²) < 4.78 is 0. The molecule has 0 atom stereocenters. The van der Waals surface area contributed by atoms with Gasteiger partial charge in [-0.1, -0.05) is 18.5 Å². The van der Waals surface area contributed by atoms with Crippen molar-refractivity contribution in [3.8, 4) is 0 Å². The van der Waals surface area contributed by atoms with Gasteiger partial charge >= 0.3 is 0 Å². The zero-order valence-electron chi connectivity index (χ0n) is 9.33. The van der Waals surface area contributed by atoms with Gasteiger partial charge in [0, 0.05) is 12.5 Å². The maximum atomic E-state index is 9.35. The van der Waals surface area contributed by atoms with E-state index in [1.165, 1.54) is 0 Å². The first-order valence-electron chi connectivity index (χ1n) is 5.60. The van der Waals surface area contributed by atoms with Crippen LogP contribution in [-0.4, -0.2) is 27.2 Å². The number of aliphatic hydroxyl groups excluding tert-OH is 1. The molecule has 88 valence electrons. The van der Waals surface area contributed by atoms with Crippen LogP contribution >= 0.6 is 11.6 Å². The number of nitrogens with one attached hydrogen (secondary N) is 1. The molecule has 1 heterocycles. The molecule has 0 spiro atoms. The summed E-state index contributed by atoms with van der Waals surface area (Å²) in [5.41, 5.74) is -0.192. The molecule has 0 bridgehead atoms. The van der Waals surface area contributed by atoms with Crippen molar-refractivity contribution in [1.82, 2.24) is 9.97 Å². The van der Waals surface area contributed by atoms with E-state index < -0.39 is 0 Å². The predicted octanol–water partition coefficient (Wildman–Crippen LogP) is 2.02. The maximum Gasteiger partial charge on any atom is 0.134 e. The Hall–Kier alpha value is -0.870. The van der Waals surface area contributed by atoms with E-state index in [1.54, 1.807) is 6.07 Å². The molecule has 2 rings (SSSR count). The molecular weight excluding hydrogens is 226 g/mol. The highest BCUT2D eigenvalue weighted by atomic mass is 35.5. The lowest BCUT2D eigenvalue weighted by molar-refractivity contribution is 0.144. The summed E-state index contributed by atoms with van der Waals surface area (Å²) in [4.78, 5) is 8.45. The van der Waals surface area contributed by atoms with E-state index in [0.29, 0.717) is 11.0 Å². The van der Waals surface area contributed by atoms with Crippen LogP contribution in [0.3, 0.4) is 0 Å². The predicted molar refractivity (Wildman–Crippen MR) is 63.7 cm³/mol. The third kappa shape index (κ3) is 2.28. The Morgan fingerprint density at radius 2 is 2.25 bits per heavy atom. The summed E-state index contributed by atoms with van der Waals surface area (Å²) in [5, 5.41) is 13.1. The molecule has 0 saturated heterocycles. The minimum absolute atomic E-state index is 0.135. The number of rotatable bonds is 4. The molecule has 0 aliphatic heterocycles. The van der Waals surface area contributed by atoms with Gasteiger partial charge in [-0.15, -0.1) is 0 Å². The van der Waals surface area contributed by atoms with Gasteiger partial charge < -0.3 is 10.4 Å². The Labute approximate surface area is 100 Å². The summed E-state index contributed by atoms with van der Waals surface area (Å²) in [6.07, 6.45) is 3.85. The first kappa shape index (κ1) is 11.6. The monoisotopic (exact) mass is 241 g/mol. The van der Waals surface area contributed by atoms with E-state index in [2.05, 4.69) is 15.3 Å². The number of hydrogen-bond donors (Lipinski definition) is 2. The first-order chi connectivity index (χ1) is 7.67. The van der Waals surface area contributed by atoms with Crippen LogP contribution in [0.5, 0.6) is 0 Å². The van der Waals surface area contributed by atoms with Gasteiger partial charge in [0.15, 0.2) is 0 Å². The van der Waals surface area contributed by atoms with E-state index in [0.717, 1.165) is 31.5 Å². The molecule has 4 nitrogen and oxygen atoms in total. The Balaban J connectivity index is 2.17. The van der Waals surface area contributed by atoms with Crippen LogP contribution < -0.4 is 5.32 Å². The smallest absolute Gasteiger partial charge is 0.134 e. The van der Waals surface area contributed by atoms with Crippen molar-refractivity contribution in [2.24, 2.45) is 0 Å². The van der Waals surface area contributed by atoms with E-state index in [4.69, 9.17) is 11.6 Å². The SMILES string of the molecule is CCc1nc(Cl)cc(NC2(CO)CCC2)n1. The Kier molecular flexibility index (Phi) is 3.30. The molecule has 1 aromatic rings. The van der Waals surface area contributed by atoms with Gasteiger partial charge in [0.1, 0.15) is 16.8 Å². The third-order valence-electron chi connectivity index (χ3n) is 3.06. The molecular formula is C11H16ClN3O. The molecule has 1 fully saturated rings. The number of nitrogens with zero attached hydrogens (tertiary/aromatic N) is 2. The van der Waals surface area contributed by atoms with Crippen molar-refractivity contribution in [1.29, 1.82) is 0 Å². The van der Waals surface area contributed by atoms with E-state index in [1.807, 2.05) is 6.92 Å². The minimum atomic E-state index is -0.192. The van der Waals surface area contributed by atoms with Crippen molar-refractivity contribution in [2.75, 3.05) is 11.9 Å². The van der Waals surface area contributed by atoms with Crippen molar-refractivity contribution in [2.45, 2.75) is 38.1 Å². The Bertz CT molecular complexity index is 374. The van der Waals surface area contributed by atoms with Crippen LogP contribution in [0.15, 0.2) is 6.07 Å². The number of hydrogen-bond acceptors (Lipinski definition) is 4.